The first kappa shape index (κ1) is 10.4. The van der Waals surface area contributed by atoms with E-state index in [1.165, 1.54) is 12.8 Å². The van der Waals surface area contributed by atoms with Crippen LogP contribution in [0.1, 0.15) is 18.5 Å². The van der Waals surface area contributed by atoms with Crippen molar-refractivity contribution in [2.45, 2.75) is 25.8 Å². The smallest absolute Gasteiger partial charge is 0.151 e. The van der Waals surface area contributed by atoms with Crippen molar-refractivity contribution in [1.29, 1.82) is 0 Å². The van der Waals surface area contributed by atoms with Gasteiger partial charge in [0.25, 0.3) is 0 Å². The van der Waals surface area contributed by atoms with Crippen LogP contribution >= 0.6 is 0 Å². The molecule has 1 N–H and O–H groups in total. The highest BCUT2D eigenvalue weighted by molar-refractivity contribution is 5.38. The van der Waals surface area contributed by atoms with Crippen LogP contribution in [0.15, 0.2) is 12.1 Å². The van der Waals surface area contributed by atoms with Crippen molar-refractivity contribution < 1.29 is 0 Å². The summed E-state index contributed by atoms with van der Waals surface area (Å²) in [5.74, 6) is 1.00. The fraction of sp³-hybridized carbons (Fsp3) is 0.636. The number of anilines is 1. The number of hydrogen-bond acceptors (Lipinski definition) is 4. The predicted molar refractivity (Wildman–Crippen MR) is 61.1 cm³/mol. The highest BCUT2D eigenvalue weighted by Crippen LogP contribution is 2.16. The average Bonchev–Trinajstić information content (AvgIpc) is 2.30. The summed E-state index contributed by atoms with van der Waals surface area (Å²) in [6, 6.07) is 4.66. The van der Waals surface area contributed by atoms with Crippen LogP contribution < -0.4 is 10.2 Å². The van der Waals surface area contributed by atoms with Gasteiger partial charge in [-0.05, 0) is 38.9 Å². The molecule has 0 aromatic carbocycles. The van der Waals surface area contributed by atoms with Crippen LogP contribution in [0.3, 0.4) is 0 Å². The number of likely N-dealkylation sites (N-methyl/N-ethyl adjacent to an activating group) is 1. The van der Waals surface area contributed by atoms with Gasteiger partial charge in [-0.15, -0.1) is 5.10 Å². The molecule has 4 nitrogen and oxygen atoms in total. The molecule has 82 valence electrons. The molecule has 0 amide bonds. The summed E-state index contributed by atoms with van der Waals surface area (Å²) < 4.78 is 0. The Bertz CT molecular complexity index is 309. The summed E-state index contributed by atoms with van der Waals surface area (Å²) in [7, 11) is 2.02. The van der Waals surface area contributed by atoms with Gasteiger partial charge in [-0.1, -0.05) is 0 Å². The van der Waals surface area contributed by atoms with Gasteiger partial charge in [0.05, 0.1) is 5.69 Å². The second-order valence-corrected chi connectivity index (χ2v) is 4.11. The Hall–Kier alpha value is -1.16. The lowest BCUT2D eigenvalue weighted by Crippen LogP contribution is -2.44. The molecule has 1 saturated heterocycles. The van der Waals surface area contributed by atoms with E-state index >= 15 is 0 Å². The third-order valence-electron chi connectivity index (χ3n) is 2.94. The summed E-state index contributed by atoms with van der Waals surface area (Å²) in [6.45, 7) is 4.09. The van der Waals surface area contributed by atoms with E-state index in [4.69, 9.17) is 0 Å². The normalized spacial score (nSPS) is 21.7. The van der Waals surface area contributed by atoms with Gasteiger partial charge in [0, 0.05) is 19.1 Å². The summed E-state index contributed by atoms with van der Waals surface area (Å²) in [4.78, 5) is 2.30. The summed E-state index contributed by atoms with van der Waals surface area (Å²) in [5.41, 5.74) is 0.973. The van der Waals surface area contributed by atoms with Crippen molar-refractivity contribution in [3.05, 3.63) is 17.8 Å². The zero-order chi connectivity index (χ0) is 10.7. The van der Waals surface area contributed by atoms with Crippen molar-refractivity contribution in [2.75, 3.05) is 25.0 Å². The minimum absolute atomic E-state index is 0.585. The van der Waals surface area contributed by atoms with Gasteiger partial charge in [0.2, 0.25) is 0 Å². The third-order valence-corrected chi connectivity index (χ3v) is 2.94. The zero-order valence-electron chi connectivity index (χ0n) is 9.40. The number of rotatable bonds is 2. The molecule has 0 aliphatic carbocycles. The van der Waals surface area contributed by atoms with E-state index in [1.54, 1.807) is 0 Å². The monoisotopic (exact) mass is 206 g/mol. The molecule has 1 aliphatic rings. The van der Waals surface area contributed by atoms with Crippen LogP contribution in [0.5, 0.6) is 0 Å². The summed E-state index contributed by atoms with van der Waals surface area (Å²) in [5, 5.41) is 11.6. The number of aromatic nitrogens is 2. The fourth-order valence-corrected chi connectivity index (χ4v) is 1.98. The molecule has 0 radical (unpaired) electrons. The lowest BCUT2D eigenvalue weighted by atomic mass is 10.1. The zero-order valence-corrected chi connectivity index (χ0v) is 9.40. The van der Waals surface area contributed by atoms with Gasteiger partial charge in [0.1, 0.15) is 0 Å². The first-order chi connectivity index (χ1) is 7.29. The number of aryl methyl sites for hydroxylation is 1. The number of piperidine rings is 1. The summed E-state index contributed by atoms with van der Waals surface area (Å²) in [6.07, 6.45) is 2.48. The van der Waals surface area contributed by atoms with E-state index in [0.29, 0.717) is 6.04 Å². The minimum atomic E-state index is 0.585. The Balaban J connectivity index is 2.06. The SMILES string of the molecule is CNC1CCCN(c2ccc(C)nn2)C1. The van der Waals surface area contributed by atoms with Crippen LogP contribution in [0, 0.1) is 6.92 Å². The fourth-order valence-electron chi connectivity index (χ4n) is 1.98. The lowest BCUT2D eigenvalue weighted by Gasteiger charge is -2.33. The van der Waals surface area contributed by atoms with Crippen LogP contribution in [0.4, 0.5) is 5.82 Å². The molecule has 1 unspecified atom stereocenters. The first-order valence-electron chi connectivity index (χ1n) is 5.52. The molecule has 1 fully saturated rings. The molecule has 0 spiro atoms. The number of nitrogens with zero attached hydrogens (tertiary/aromatic N) is 3. The molecule has 2 heterocycles. The Kier molecular flexibility index (Phi) is 3.16. The van der Waals surface area contributed by atoms with E-state index < -0.39 is 0 Å². The van der Waals surface area contributed by atoms with E-state index in [2.05, 4.69) is 26.5 Å². The molecule has 1 aliphatic heterocycles. The average molecular weight is 206 g/mol. The maximum atomic E-state index is 4.22. The van der Waals surface area contributed by atoms with Gasteiger partial charge in [-0.3, -0.25) is 0 Å². The quantitative estimate of drug-likeness (QED) is 0.783. The highest BCUT2D eigenvalue weighted by Gasteiger charge is 2.19. The van der Waals surface area contributed by atoms with E-state index in [-0.39, 0.29) is 0 Å². The minimum Gasteiger partial charge on any atom is -0.354 e. The van der Waals surface area contributed by atoms with Crippen LogP contribution in [0.2, 0.25) is 0 Å². The first-order valence-corrected chi connectivity index (χ1v) is 5.52. The molecule has 2 rings (SSSR count). The van der Waals surface area contributed by atoms with Crippen molar-refractivity contribution in [3.8, 4) is 0 Å². The molecular weight excluding hydrogens is 188 g/mol. The number of nitrogens with one attached hydrogen (secondary N) is 1. The Morgan fingerprint density at radius 1 is 1.40 bits per heavy atom. The molecule has 15 heavy (non-hydrogen) atoms. The maximum Gasteiger partial charge on any atom is 0.151 e. The van der Waals surface area contributed by atoms with Crippen LogP contribution in [0.25, 0.3) is 0 Å². The van der Waals surface area contributed by atoms with Crippen LogP contribution in [-0.4, -0.2) is 36.4 Å². The standard InChI is InChI=1S/C11H18N4/c1-9-5-6-11(14-13-9)15-7-3-4-10(8-15)12-2/h5-6,10,12H,3-4,7-8H2,1-2H3. The number of hydrogen-bond donors (Lipinski definition) is 1. The molecule has 4 heteroatoms. The van der Waals surface area contributed by atoms with Gasteiger partial charge >= 0.3 is 0 Å². The maximum absolute atomic E-state index is 4.22. The predicted octanol–water partition coefficient (Wildman–Crippen LogP) is 0.973. The van der Waals surface area contributed by atoms with E-state index in [0.717, 1.165) is 24.6 Å². The second-order valence-electron chi connectivity index (χ2n) is 4.11. The molecule has 1 atom stereocenters. The van der Waals surface area contributed by atoms with Crippen molar-refractivity contribution in [2.24, 2.45) is 0 Å². The third kappa shape index (κ3) is 2.45. The Morgan fingerprint density at radius 3 is 2.93 bits per heavy atom. The summed E-state index contributed by atoms with van der Waals surface area (Å²) >= 11 is 0. The van der Waals surface area contributed by atoms with Gasteiger partial charge < -0.3 is 10.2 Å². The molecular formula is C11H18N4. The van der Waals surface area contributed by atoms with Gasteiger partial charge in [-0.2, -0.15) is 5.10 Å². The highest BCUT2D eigenvalue weighted by atomic mass is 15.3. The molecule has 1 aromatic rings. The Labute approximate surface area is 90.7 Å². The van der Waals surface area contributed by atoms with Crippen molar-refractivity contribution in [1.82, 2.24) is 15.5 Å². The molecule has 1 aromatic heterocycles. The Morgan fingerprint density at radius 2 is 2.27 bits per heavy atom. The van der Waals surface area contributed by atoms with Gasteiger partial charge in [-0.25, -0.2) is 0 Å². The largest absolute Gasteiger partial charge is 0.354 e. The lowest BCUT2D eigenvalue weighted by molar-refractivity contribution is 0.447. The second kappa shape index (κ2) is 4.57. The van der Waals surface area contributed by atoms with Gasteiger partial charge in [0.15, 0.2) is 5.82 Å². The molecule has 0 bridgehead atoms. The van der Waals surface area contributed by atoms with Crippen molar-refractivity contribution >= 4 is 5.82 Å². The molecule has 0 saturated carbocycles. The topological polar surface area (TPSA) is 41.0 Å². The van der Waals surface area contributed by atoms with Crippen LogP contribution in [-0.2, 0) is 0 Å². The van der Waals surface area contributed by atoms with E-state index in [1.807, 2.05) is 20.0 Å². The van der Waals surface area contributed by atoms with E-state index in [9.17, 15) is 0 Å². The van der Waals surface area contributed by atoms with Crippen molar-refractivity contribution in [3.63, 3.8) is 0 Å².